The van der Waals surface area contributed by atoms with Crippen LogP contribution in [-0.2, 0) is 9.59 Å². The van der Waals surface area contributed by atoms with E-state index in [9.17, 15) is 23.5 Å². The summed E-state index contributed by atoms with van der Waals surface area (Å²) in [5.41, 5.74) is -0.368. The molecule has 7 heteroatoms. The second-order valence-electron chi connectivity index (χ2n) is 7.31. The van der Waals surface area contributed by atoms with Crippen molar-refractivity contribution in [3.8, 4) is 0 Å². The minimum absolute atomic E-state index is 0.120. The van der Waals surface area contributed by atoms with Gasteiger partial charge in [-0.3, -0.25) is 14.5 Å². The molecule has 1 fully saturated rings. The third-order valence-corrected chi connectivity index (χ3v) is 5.47. The lowest BCUT2D eigenvalue weighted by atomic mass is 9.96. The maximum Gasteiger partial charge on any atom is 0.300 e. The van der Waals surface area contributed by atoms with E-state index in [4.69, 9.17) is 4.42 Å². The molecule has 5 rings (SSSR count). The number of furan rings is 1. The lowest BCUT2D eigenvalue weighted by Crippen LogP contribution is -2.30. The van der Waals surface area contributed by atoms with Crippen LogP contribution in [0.15, 0.2) is 89.0 Å². The van der Waals surface area contributed by atoms with Crippen LogP contribution in [0, 0.1) is 11.6 Å². The SMILES string of the molecule is O=C1C(=O)N(c2cc(F)ccc2F)C(c2ccco2)/C1=C(/O)c1cccc2ccccc12. The molecule has 0 aliphatic carbocycles. The molecule has 0 spiro atoms. The lowest BCUT2D eigenvalue weighted by Gasteiger charge is -2.23. The summed E-state index contributed by atoms with van der Waals surface area (Å²) >= 11 is 0. The van der Waals surface area contributed by atoms with Crippen LogP contribution < -0.4 is 4.90 Å². The Balaban J connectivity index is 1.78. The first-order chi connectivity index (χ1) is 15.5. The van der Waals surface area contributed by atoms with E-state index in [0.717, 1.165) is 28.5 Å². The first-order valence-corrected chi connectivity index (χ1v) is 9.75. The number of anilines is 1. The molecule has 32 heavy (non-hydrogen) atoms. The van der Waals surface area contributed by atoms with E-state index in [1.807, 2.05) is 18.2 Å². The van der Waals surface area contributed by atoms with Crippen molar-refractivity contribution in [1.82, 2.24) is 0 Å². The van der Waals surface area contributed by atoms with Crippen molar-refractivity contribution in [2.45, 2.75) is 6.04 Å². The summed E-state index contributed by atoms with van der Waals surface area (Å²) in [5, 5.41) is 12.7. The van der Waals surface area contributed by atoms with Crippen molar-refractivity contribution in [3.63, 3.8) is 0 Å². The number of nitrogens with zero attached hydrogens (tertiary/aromatic N) is 1. The van der Waals surface area contributed by atoms with E-state index in [-0.39, 0.29) is 11.3 Å². The van der Waals surface area contributed by atoms with E-state index in [2.05, 4.69) is 0 Å². The molecule has 1 aliphatic rings. The van der Waals surface area contributed by atoms with E-state index in [0.29, 0.717) is 10.9 Å². The molecule has 1 N–H and O–H groups in total. The third kappa shape index (κ3) is 2.98. The molecular formula is C25H15F2NO4. The highest BCUT2D eigenvalue weighted by Crippen LogP contribution is 2.43. The van der Waals surface area contributed by atoms with Gasteiger partial charge in [0.05, 0.1) is 17.5 Å². The number of aliphatic hydroxyl groups is 1. The molecule has 1 unspecified atom stereocenters. The average molecular weight is 431 g/mol. The van der Waals surface area contributed by atoms with Gasteiger partial charge in [-0.15, -0.1) is 0 Å². The molecule has 0 saturated carbocycles. The Kier molecular flexibility index (Phi) is 4.59. The smallest absolute Gasteiger partial charge is 0.300 e. The summed E-state index contributed by atoms with van der Waals surface area (Å²) < 4.78 is 34.0. The fourth-order valence-electron chi connectivity index (χ4n) is 4.04. The molecule has 1 saturated heterocycles. The van der Waals surface area contributed by atoms with Gasteiger partial charge in [0.25, 0.3) is 11.7 Å². The molecule has 3 aromatic carbocycles. The maximum atomic E-state index is 14.6. The first kappa shape index (κ1) is 19.7. The normalized spacial score (nSPS) is 17.9. The second kappa shape index (κ2) is 7.46. The maximum absolute atomic E-state index is 14.6. The van der Waals surface area contributed by atoms with E-state index in [1.165, 1.54) is 18.4 Å². The Morgan fingerprint density at radius 1 is 0.938 bits per heavy atom. The van der Waals surface area contributed by atoms with Crippen molar-refractivity contribution in [2.24, 2.45) is 0 Å². The average Bonchev–Trinajstić information content (AvgIpc) is 3.42. The second-order valence-corrected chi connectivity index (χ2v) is 7.31. The van der Waals surface area contributed by atoms with E-state index in [1.54, 1.807) is 24.3 Å². The van der Waals surface area contributed by atoms with Crippen LogP contribution in [0.3, 0.4) is 0 Å². The van der Waals surface area contributed by atoms with Crippen molar-refractivity contribution >= 4 is 33.9 Å². The molecule has 1 aromatic heterocycles. The van der Waals surface area contributed by atoms with Crippen molar-refractivity contribution in [3.05, 3.63) is 108 Å². The van der Waals surface area contributed by atoms with Gasteiger partial charge in [0.15, 0.2) is 0 Å². The minimum atomic E-state index is -1.28. The summed E-state index contributed by atoms with van der Waals surface area (Å²) in [6, 6.07) is 16.8. The predicted molar refractivity (Wildman–Crippen MR) is 114 cm³/mol. The van der Waals surface area contributed by atoms with Gasteiger partial charge in [-0.2, -0.15) is 0 Å². The summed E-state index contributed by atoms with van der Waals surface area (Å²) in [4.78, 5) is 26.9. The highest BCUT2D eigenvalue weighted by atomic mass is 19.1. The molecule has 1 atom stereocenters. The summed E-state index contributed by atoms with van der Waals surface area (Å²) in [5.74, 6) is -4.11. The molecule has 158 valence electrons. The van der Waals surface area contributed by atoms with E-state index < -0.39 is 40.8 Å². The highest BCUT2D eigenvalue weighted by Gasteiger charge is 2.49. The van der Waals surface area contributed by atoms with Gasteiger partial charge in [-0.1, -0.05) is 42.5 Å². The molecule has 1 amide bonds. The first-order valence-electron chi connectivity index (χ1n) is 9.75. The summed E-state index contributed by atoms with van der Waals surface area (Å²) in [6.45, 7) is 0. The van der Waals surface area contributed by atoms with Crippen molar-refractivity contribution < 1.29 is 27.9 Å². The topological polar surface area (TPSA) is 70.8 Å². The van der Waals surface area contributed by atoms with E-state index >= 15 is 0 Å². The molecule has 0 bridgehead atoms. The predicted octanol–water partition coefficient (Wildman–Crippen LogP) is 5.34. The Bertz CT molecular complexity index is 1400. The molecule has 1 aliphatic heterocycles. The Morgan fingerprint density at radius 3 is 2.50 bits per heavy atom. The van der Waals surface area contributed by atoms with Gasteiger partial charge in [0.2, 0.25) is 0 Å². The van der Waals surface area contributed by atoms with Gasteiger partial charge in [0.1, 0.15) is 29.2 Å². The Hall–Kier alpha value is -4.26. The Labute approximate surface area is 180 Å². The number of halogens is 2. The van der Waals surface area contributed by atoms with Gasteiger partial charge >= 0.3 is 0 Å². The standard InChI is InChI=1S/C25H15F2NO4/c26-15-10-11-18(27)19(13-15)28-22(20-9-4-12-32-20)21(24(30)25(28)31)23(29)17-8-3-6-14-5-1-2-7-16(14)17/h1-13,22,29H/b23-21-. The van der Waals surface area contributed by atoms with Gasteiger partial charge in [0, 0.05) is 11.6 Å². The number of amides is 1. The number of fused-ring (bicyclic) bond motifs is 1. The largest absolute Gasteiger partial charge is 0.507 e. The fraction of sp³-hybridized carbons (Fsp3) is 0.0400. The number of hydrogen-bond donors (Lipinski definition) is 1. The highest BCUT2D eigenvalue weighted by molar-refractivity contribution is 6.51. The van der Waals surface area contributed by atoms with Crippen molar-refractivity contribution in [1.29, 1.82) is 0 Å². The number of hydrogen-bond acceptors (Lipinski definition) is 4. The van der Waals surface area contributed by atoms with Crippen LogP contribution in [0.5, 0.6) is 0 Å². The molecule has 0 radical (unpaired) electrons. The van der Waals surface area contributed by atoms with Crippen LogP contribution in [0.4, 0.5) is 14.5 Å². The van der Waals surface area contributed by atoms with Gasteiger partial charge in [-0.05, 0) is 35.0 Å². The molecule has 4 aromatic rings. The van der Waals surface area contributed by atoms with Crippen molar-refractivity contribution in [2.75, 3.05) is 4.90 Å². The number of aliphatic hydroxyl groups excluding tert-OH is 1. The zero-order chi connectivity index (χ0) is 22.4. The van der Waals surface area contributed by atoms with Crippen LogP contribution in [0.1, 0.15) is 17.4 Å². The van der Waals surface area contributed by atoms with Crippen LogP contribution in [0.2, 0.25) is 0 Å². The zero-order valence-electron chi connectivity index (χ0n) is 16.5. The molecule has 2 heterocycles. The molecule has 5 nitrogen and oxygen atoms in total. The monoisotopic (exact) mass is 431 g/mol. The van der Waals surface area contributed by atoms with Crippen LogP contribution in [0.25, 0.3) is 16.5 Å². The number of rotatable bonds is 3. The van der Waals surface area contributed by atoms with Gasteiger partial charge < -0.3 is 9.52 Å². The number of benzene rings is 3. The van der Waals surface area contributed by atoms with Crippen LogP contribution >= 0.6 is 0 Å². The number of Topliss-reactive ketones (excluding diaryl/α,β-unsaturated/α-hetero) is 1. The molecular weight excluding hydrogens is 416 g/mol. The Morgan fingerprint density at radius 2 is 1.72 bits per heavy atom. The zero-order valence-corrected chi connectivity index (χ0v) is 16.5. The number of carbonyl (C=O) groups excluding carboxylic acids is 2. The fourth-order valence-corrected chi connectivity index (χ4v) is 4.04. The quantitative estimate of drug-likeness (QED) is 0.270. The number of carbonyl (C=O) groups is 2. The number of ketones is 1. The van der Waals surface area contributed by atoms with Gasteiger partial charge in [-0.25, -0.2) is 8.78 Å². The third-order valence-electron chi connectivity index (χ3n) is 5.47. The summed E-state index contributed by atoms with van der Waals surface area (Å²) in [7, 11) is 0. The minimum Gasteiger partial charge on any atom is -0.507 e. The van der Waals surface area contributed by atoms with Crippen LogP contribution in [-0.4, -0.2) is 16.8 Å². The lowest BCUT2D eigenvalue weighted by molar-refractivity contribution is -0.132. The summed E-state index contributed by atoms with van der Waals surface area (Å²) in [6.07, 6.45) is 1.33.